The van der Waals surface area contributed by atoms with Crippen LogP contribution in [0.15, 0.2) is 39.8 Å². The molecule has 2 amide bonds. The number of pyridine rings is 1. The van der Waals surface area contributed by atoms with Gasteiger partial charge < -0.3 is 21.0 Å². The van der Waals surface area contributed by atoms with E-state index in [4.69, 9.17) is 17.0 Å². The number of anilines is 1. The molecule has 0 aliphatic carbocycles. The Hall–Kier alpha value is -4.10. The number of aliphatic carboxylic acids is 1. The van der Waals surface area contributed by atoms with Crippen molar-refractivity contribution in [2.75, 3.05) is 23.8 Å². The Kier molecular flexibility index (Phi) is 7.41. The number of carbonyl (C=O) groups is 3. The monoisotopic (exact) mass is 529 g/mol. The number of aryl methyl sites for hydroxylation is 1. The van der Waals surface area contributed by atoms with E-state index in [1.165, 1.54) is 45.2 Å². The molecule has 4 N–H and O–H groups in total. The number of nitrogen functional groups attached to an aromatic ring is 1. The minimum atomic E-state index is -1.24. The van der Waals surface area contributed by atoms with Crippen molar-refractivity contribution in [1.29, 1.82) is 0 Å². The van der Waals surface area contributed by atoms with Crippen LogP contribution in [0.25, 0.3) is 0 Å². The van der Waals surface area contributed by atoms with E-state index in [0.717, 1.165) is 0 Å². The number of aromatic nitrogens is 5. The number of tetrazole rings is 1. The van der Waals surface area contributed by atoms with Crippen molar-refractivity contribution in [2.45, 2.75) is 16.6 Å². The number of rotatable bonds is 9. The minimum absolute atomic E-state index is 0.111. The summed E-state index contributed by atoms with van der Waals surface area (Å²) in [4.78, 5) is 48.3. The number of hydrogen-bond donors (Lipinski definition) is 3. The largest absolute Gasteiger partial charge is 0.477 e. The SMILES string of the molecule is C#CCON=C(C(=O)NC1C(=O)N2C(C(=O)O)=C(CSc3nnnn3C)CS[C@@H]12)c1cccc(N)n1. The van der Waals surface area contributed by atoms with Crippen molar-refractivity contribution in [1.82, 2.24) is 35.4 Å². The van der Waals surface area contributed by atoms with Crippen LogP contribution in [-0.2, 0) is 26.3 Å². The van der Waals surface area contributed by atoms with Crippen LogP contribution in [-0.4, -0.2) is 88.2 Å². The molecule has 36 heavy (non-hydrogen) atoms. The summed E-state index contributed by atoms with van der Waals surface area (Å²) in [6.45, 7) is -0.189. The number of thioether (sulfide) groups is 2. The average Bonchev–Trinajstić information content (AvgIpc) is 3.27. The normalized spacial score (nSPS) is 19.3. The van der Waals surface area contributed by atoms with Gasteiger partial charge in [0.15, 0.2) is 12.3 Å². The lowest BCUT2D eigenvalue weighted by molar-refractivity contribution is -0.150. The Bertz CT molecular complexity index is 1320. The summed E-state index contributed by atoms with van der Waals surface area (Å²) in [6.07, 6.45) is 5.16. The number of nitrogens with one attached hydrogen (secondary N) is 1. The summed E-state index contributed by atoms with van der Waals surface area (Å²) in [6, 6.07) is 3.63. The predicted molar refractivity (Wildman–Crippen MR) is 129 cm³/mol. The number of nitrogens with two attached hydrogens (primary N) is 1. The average molecular weight is 530 g/mol. The highest BCUT2D eigenvalue weighted by atomic mass is 32.2. The fraction of sp³-hybridized carbons (Fsp3) is 0.300. The summed E-state index contributed by atoms with van der Waals surface area (Å²) < 4.78 is 1.46. The lowest BCUT2D eigenvalue weighted by Gasteiger charge is -2.49. The quantitative estimate of drug-likeness (QED) is 0.0905. The third kappa shape index (κ3) is 4.97. The predicted octanol–water partition coefficient (Wildman–Crippen LogP) is -0.928. The van der Waals surface area contributed by atoms with E-state index in [1.807, 2.05) is 0 Å². The van der Waals surface area contributed by atoms with E-state index in [9.17, 15) is 19.5 Å². The molecule has 2 aromatic heterocycles. The lowest BCUT2D eigenvalue weighted by Crippen LogP contribution is -2.71. The molecule has 0 radical (unpaired) electrons. The fourth-order valence-electron chi connectivity index (χ4n) is 3.42. The summed E-state index contributed by atoms with van der Waals surface area (Å²) in [7, 11) is 1.67. The van der Waals surface area contributed by atoms with Gasteiger partial charge in [-0.2, -0.15) is 0 Å². The van der Waals surface area contributed by atoms with Crippen molar-refractivity contribution < 1.29 is 24.3 Å². The van der Waals surface area contributed by atoms with E-state index in [-0.39, 0.29) is 35.3 Å². The fourth-order valence-corrected chi connectivity index (χ4v) is 5.76. The molecule has 2 aromatic rings. The number of hydrogen-bond acceptors (Lipinski definition) is 12. The summed E-state index contributed by atoms with van der Waals surface area (Å²) in [5.74, 6) is 0.444. The zero-order valence-electron chi connectivity index (χ0n) is 18.7. The van der Waals surface area contributed by atoms with Crippen LogP contribution in [0.1, 0.15) is 5.69 Å². The van der Waals surface area contributed by atoms with Gasteiger partial charge in [0, 0.05) is 18.6 Å². The Morgan fingerprint density at radius 2 is 2.28 bits per heavy atom. The van der Waals surface area contributed by atoms with Crippen LogP contribution in [0.4, 0.5) is 5.82 Å². The molecule has 2 aliphatic heterocycles. The van der Waals surface area contributed by atoms with Gasteiger partial charge in [-0.25, -0.2) is 14.5 Å². The van der Waals surface area contributed by atoms with Gasteiger partial charge in [-0.15, -0.1) is 23.3 Å². The number of β-lactam (4-membered cyclic amide) rings is 1. The summed E-state index contributed by atoms with van der Waals surface area (Å²) in [5.41, 5.74) is 6.03. The van der Waals surface area contributed by atoms with Crippen molar-refractivity contribution in [3.63, 3.8) is 0 Å². The molecule has 2 atom stereocenters. The second-order valence-electron chi connectivity index (χ2n) is 7.36. The third-order valence-electron chi connectivity index (χ3n) is 5.03. The Morgan fingerprint density at radius 1 is 1.47 bits per heavy atom. The summed E-state index contributed by atoms with van der Waals surface area (Å²) in [5, 5.41) is 27.3. The highest BCUT2D eigenvalue weighted by Gasteiger charge is 2.54. The zero-order valence-corrected chi connectivity index (χ0v) is 20.3. The maximum Gasteiger partial charge on any atom is 0.352 e. The van der Waals surface area contributed by atoms with E-state index in [0.29, 0.717) is 16.5 Å². The first kappa shape index (κ1) is 25.0. The molecule has 0 bridgehead atoms. The van der Waals surface area contributed by atoms with Crippen LogP contribution in [0.3, 0.4) is 0 Å². The number of terminal acetylenes is 1. The molecule has 16 heteroatoms. The third-order valence-corrected chi connectivity index (χ3v) is 7.46. The van der Waals surface area contributed by atoms with E-state index in [1.54, 1.807) is 13.1 Å². The number of carboxylic acid groups (broad SMARTS) is 1. The van der Waals surface area contributed by atoms with Gasteiger partial charge in [-0.3, -0.25) is 14.5 Å². The molecular weight excluding hydrogens is 510 g/mol. The van der Waals surface area contributed by atoms with Gasteiger partial charge >= 0.3 is 5.97 Å². The highest BCUT2D eigenvalue weighted by Crippen LogP contribution is 2.41. The van der Waals surface area contributed by atoms with Crippen molar-refractivity contribution in [2.24, 2.45) is 12.2 Å². The molecule has 186 valence electrons. The van der Waals surface area contributed by atoms with E-state index in [2.05, 4.69) is 36.9 Å². The number of carbonyl (C=O) groups excluding carboxylic acids is 2. The Balaban J connectivity index is 1.51. The van der Waals surface area contributed by atoms with Gasteiger partial charge in [0.2, 0.25) is 5.16 Å². The van der Waals surface area contributed by atoms with Crippen LogP contribution in [0, 0.1) is 12.3 Å². The number of fused-ring (bicyclic) bond motifs is 1. The molecule has 1 saturated heterocycles. The van der Waals surface area contributed by atoms with Crippen molar-refractivity contribution >= 4 is 52.8 Å². The highest BCUT2D eigenvalue weighted by molar-refractivity contribution is 8.01. The first-order chi connectivity index (χ1) is 17.3. The molecule has 0 spiro atoms. The summed E-state index contributed by atoms with van der Waals surface area (Å²) >= 11 is 2.59. The molecule has 1 unspecified atom stereocenters. The molecule has 0 aromatic carbocycles. The molecule has 0 saturated carbocycles. The maximum absolute atomic E-state index is 13.0. The molecule has 4 heterocycles. The zero-order chi connectivity index (χ0) is 25.8. The first-order valence-corrected chi connectivity index (χ1v) is 12.3. The number of oxime groups is 1. The van der Waals surface area contributed by atoms with Crippen molar-refractivity contribution in [3.05, 3.63) is 35.2 Å². The number of amides is 2. The van der Waals surface area contributed by atoms with Gasteiger partial charge in [-0.1, -0.05) is 28.9 Å². The second-order valence-corrected chi connectivity index (χ2v) is 9.40. The number of carboxylic acids is 1. The molecule has 2 aliphatic rings. The molecule has 1 fully saturated rings. The first-order valence-electron chi connectivity index (χ1n) is 10.2. The Labute approximate surface area is 212 Å². The van der Waals surface area contributed by atoms with Gasteiger partial charge in [-0.05, 0) is 28.1 Å². The maximum atomic E-state index is 13.0. The van der Waals surface area contributed by atoms with Gasteiger partial charge in [0.1, 0.15) is 28.6 Å². The van der Waals surface area contributed by atoms with E-state index < -0.39 is 29.2 Å². The standard InChI is InChI=1S/C20H19N9O5S2/c1-3-7-34-25-13(11-5-4-6-12(21)22-11)16(30)23-14-17(31)29-15(19(32)33)10(8-35-18(14)29)9-36-20-24-26-27-28(20)2/h1,4-6,14,18H,7-9H2,2H3,(H2,21,22)(H,23,30)(H,32,33)/t14?,18-/m0/s1. The van der Waals surface area contributed by atoms with Crippen LogP contribution in [0.2, 0.25) is 0 Å². The molecule has 14 nitrogen and oxygen atoms in total. The number of nitrogens with zero attached hydrogens (tertiary/aromatic N) is 7. The van der Waals surface area contributed by atoms with Gasteiger partial charge in [0.25, 0.3) is 11.8 Å². The van der Waals surface area contributed by atoms with Crippen molar-refractivity contribution in [3.8, 4) is 12.3 Å². The molecule has 4 rings (SSSR count). The van der Waals surface area contributed by atoms with Crippen LogP contribution in [0.5, 0.6) is 0 Å². The van der Waals surface area contributed by atoms with Crippen LogP contribution < -0.4 is 11.1 Å². The lowest BCUT2D eigenvalue weighted by atomic mass is 10.0. The van der Waals surface area contributed by atoms with Crippen LogP contribution >= 0.6 is 23.5 Å². The smallest absolute Gasteiger partial charge is 0.352 e. The Morgan fingerprint density at radius 3 is 2.94 bits per heavy atom. The second kappa shape index (κ2) is 10.7. The topological polar surface area (TPSA) is 191 Å². The van der Waals surface area contributed by atoms with E-state index >= 15 is 0 Å². The molecular formula is C20H19N9O5S2. The van der Waals surface area contributed by atoms with Gasteiger partial charge in [0.05, 0.1) is 0 Å². The minimum Gasteiger partial charge on any atom is -0.477 e.